The second-order valence-electron chi connectivity index (χ2n) is 6.42. The summed E-state index contributed by atoms with van der Waals surface area (Å²) in [6.45, 7) is 3.06. The zero-order valence-electron chi connectivity index (χ0n) is 12.7. The summed E-state index contributed by atoms with van der Waals surface area (Å²) in [6, 6.07) is 11.2. The number of nitrogens with one attached hydrogen (secondary N) is 1. The quantitative estimate of drug-likeness (QED) is 0.806. The molecular weight excluding hydrogens is 290 g/mol. The van der Waals surface area contributed by atoms with Crippen LogP contribution in [0.1, 0.15) is 43.5 Å². The minimum Gasteiger partial charge on any atom is -0.356 e. The Morgan fingerprint density at radius 3 is 3.00 bits per heavy atom. The molecule has 0 aliphatic carbocycles. The number of rotatable bonds is 1. The molecule has 1 aromatic heterocycles. The monoisotopic (exact) mass is 309 g/mol. The highest BCUT2D eigenvalue weighted by molar-refractivity contribution is 7.80. The van der Waals surface area contributed by atoms with Gasteiger partial charge < -0.3 is 9.88 Å². The zero-order valence-corrected chi connectivity index (χ0v) is 13.5. The molecule has 2 atom stereocenters. The van der Waals surface area contributed by atoms with Gasteiger partial charge in [0.25, 0.3) is 0 Å². The van der Waals surface area contributed by atoms with E-state index in [1.54, 1.807) is 0 Å². The van der Waals surface area contributed by atoms with Crippen molar-refractivity contribution in [3.63, 3.8) is 0 Å². The molecule has 0 amide bonds. The summed E-state index contributed by atoms with van der Waals surface area (Å²) >= 11 is 5.61. The first-order chi connectivity index (χ1) is 10.7. The van der Waals surface area contributed by atoms with Gasteiger partial charge in [0.05, 0.1) is 22.5 Å². The van der Waals surface area contributed by atoms with Crippen LogP contribution in [0.15, 0.2) is 24.3 Å². The maximum atomic E-state index is 9.93. The minimum atomic E-state index is -0.335. The van der Waals surface area contributed by atoms with Crippen molar-refractivity contribution in [1.82, 2.24) is 9.88 Å². The topological polar surface area (TPSA) is 42.8 Å². The van der Waals surface area contributed by atoms with Crippen molar-refractivity contribution < 1.29 is 0 Å². The van der Waals surface area contributed by atoms with Gasteiger partial charge in [0.15, 0.2) is 0 Å². The fraction of sp³-hybridized carbons (Fsp3) is 0.444. The van der Waals surface area contributed by atoms with E-state index >= 15 is 0 Å². The van der Waals surface area contributed by atoms with Gasteiger partial charge in [-0.2, -0.15) is 5.26 Å². The first-order valence-corrected chi connectivity index (χ1v) is 8.41. The minimum absolute atomic E-state index is 0.0832. The molecule has 0 unspecified atom stereocenters. The number of H-pyrrole nitrogens is 1. The van der Waals surface area contributed by atoms with Gasteiger partial charge in [-0.15, -0.1) is 0 Å². The summed E-state index contributed by atoms with van der Waals surface area (Å²) in [6.07, 6.45) is 3.60. The highest BCUT2D eigenvalue weighted by Gasteiger charge is 2.49. The third-order valence-corrected chi connectivity index (χ3v) is 5.96. The molecule has 2 aliphatic heterocycles. The summed E-state index contributed by atoms with van der Waals surface area (Å²) in [4.78, 5) is 6.94. The fourth-order valence-electron chi connectivity index (χ4n) is 4.26. The number of nitrogens with zero attached hydrogens (tertiary/aromatic N) is 2. The summed E-state index contributed by atoms with van der Waals surface area (Å²) in [5, 5.41) is 11.2. The molecule has 1 aromatic carbocycles. The molecule has 1 fully saturated rings. The third kappa shape index (κ3) is 1.69. The second kappa shape index (κ2) is 4.82. The molecule has 3 nitrogen and oxygen atoms in total. The van der Waals surface area contributed by atoms with E-state index in [0.717, 1.165) is 37.2 Å². The Kier molecular flexibility index (Phi) is 3.02. The molecule has 22 heavy (non-hydrogen) atoms. The van der Waals surface area contributed by atoms with Crippen molar-refractivity contribution in [2.24, 2.45) is 5.41 Å². The number of hydrogen-bond donors (Lipinski definition) is 1. The van der Waals surface area contributed by atoms with Crippen LogP contribution < -0.4 is 0 Å². The van der Waals surface area contributed by atoms with Crippen LogP contribution in [0.5, 0.6) is 0 Å². The average Bonchev–Trinajstić information content (AvgIpc) is 2.94. The Balaban J connectivity index is 1.96. The summed E-state index contributed by atoms with van der Waals surface area (Å²) < 4.78 is 0. The lowest BCUT2D eigenvalue weighted by Crippen LogP contribution is -2.50. The highest BCUT2D eigenvalue weighted by Crippen LogP contribution is 2.51. The van der Waals surface area contributed by atoms with Crippen LogP contribution in [-0.4, -0.2) is 21.4 Å². The molecule has 0 spiro atoms. The summed E-state index contributed by atoms with van der Waals surface area (Å²) in [5.74, 6) is 0. The van der Waals surface area contributed by atoms with E-state index in [0.29, 0.717) is 0 Å². The van der Waals surface area contributed by atoms with Crippen LogP contribution in [0.25, 0.3) is 10.9 Å². The van der Waals surface area contributed by atoms with E-state index in [4.69, 9.17) is 12.2 Å². The van der Waals surface area contributed by atoms with Crippen LogP contribution in [0.2, 0.25) is 0 Å². The smallest absolute Gasteiger partial charge is 0.0885 e. The van der Waals surface area contributed by atoms with Gasteiger partial charge in [-0.25, -0.2) is 0 Å². The molecule has 112 valence electrons. The van der Waals surface area contributed by atoms with Gasteiger partial charge in [0.1, 0.15) is 0 Å². The predicted molar refractivity (Wildman–Crippen MR) is 91.6 cm³/mol. The van der Waals surface area contributed by atoms with E-state index in [1.165, 1.54) is 22.2 Å². The largest absolute Gasteiger partial charge is 0.356 e. The first-order valence-electron chi connectivity index (χ1n) is 8.00. The van der Waals surface area contributed by atoms with Crippen molar-refractivity contribution in [2.45, 2.75) is 38.6 Å². The Bertz CT molecular complexity index is 800. The molecule has 4 heteroatoms. The number of hydrogen-bond acceptors (Lipinski definition) is 2. The first kappa shape index (κ1) is 13.8. The number of thiocarbonyl (C=S) groups is 1. The van der Waals surface area contributed by atoms with E-state index in [-0.39, 0.29) is 11.5 Å². The zero-order chi connectivity index (χ0) is 15.3. The number of nitriles is 1. The summed E-state index contributed by atoms with van der Waals surface area (Å²) in [7, 11) is 0. The fourth-order valence-corrected chi connectivity index (χ4v) is 4.56. The maximum Gasteiger partial charge on any atom is 0.0885 e. The maximum absolute atomic E-state index is 9.93. The molecule has 4 rings (SSSR count). The van der Waals surface area contributed by atoms with Crippen LogP contribution in [0.4, 0.5) is 0 Å². The molecule has 2 aliphatic rings. The number of piperidine rings is 1. The van der Waals surface area contributed by atoms with E-state index in [1.807, 2.05) is 0 Å². The Hall–Kier alpha value is -1.86. The van der Waals surface area contributed by atoms with Crippen molar-refractivity contribution in [1.29, 1.82) is 5.26 Å². The lowest BCUT2D eigenvalue weighted by atomic mass is 9.69. The van der Waals surface area contributed by atoms with Crippen LogP contribution in [0.3, 0.4) is 0 Å². The van der Waals surface area contributed by atoms with Crippen LogP contribution >= 0.6 is 12.2 Å². The third-order valence-electron chi connectivity index (χ3n) is 5.52. The van der Waals surface area contributed by atoms with Crippen molar-refractivity contribution >= 4 is 28.1 Å². The van der Waals surface area contributed by atoms with Gasteiger partial charge >= 0.3 is 0 Å². The SMILES string of the molecule is CC[C@@]1(C#N)CCC(=S)N2CCc3c([nH]c4ccccc34)[C@@H]21. The van der Waals surface area contributed by atoms with Gasteiger partial charge in [-0.05, 0) is 37.3 Å². The molecule has 2 aromatic rings. The van der Waals surface area contributed by atoms with E-state index in [9.17, 15) is 5.26 Å². The Morgan fingerprint density at radius 1 is 1.41 bits per heavy atom. The molecule has 1 saturated heterocycles. The van der Waals surface area contributed by atoms with Crippen LogP contribution in [-0.2, 0) is 6.42 Å². The van der Waals surface area contributed by atoms with Gasteiger partial charge in [0.2, 0.25) is 0 Å². The number of aromatic nitrogens is 1. The van der Waals surface area contributed by atoms with Crippen molar-refractivity contribution in [3.8, 4) is 6.07 Å². The molecule has 3 heterocycles. The van der Waals surface area contributed by atoms with Gasteiger partial charge in [-0.1, -0.05) is 37.3 Å². The molecular formula is C18H19N3S. The predicted octanol–water partition coefficient (Wildman–Crippen LogP) is 4.11. The van der Waals surface area contributed by atoms with Crippen LogP contribution in [0, 0.1) is 16.7 Å². The number of benzene rings is 1. The lowest BCUT2D eigenvalue weighted by molar-refractivity contribution is 0.118. The number of para-hydroxylation sites is 1. The normalized spacial score (nSPS) is 27.4. The Labute approximate surface area is 135 Å². The number of aromatic amines is 1. The van der Waals surface area contributed by atoms with Gasteiger partial charge in [0, 0.05) is 23.1 Å². The molecule has 0 bridgehead atoms. The molecule has 1 N–H and O–H groups in total. The summed E-state index contributed by atoms with van der Waals surface area (Å²) in [5.41, 5.74) is 3.44. The Morgan fingerprint density at radius 2 is 2.23 bits per heavy atom. The standard InChI is InChI=1S/C18H19N3S/c1-2-18(11-19)9-7-15(22)21-10-8-13-12-5-3-4-6-14(12)20-16(13)17(18)21/h3-6,17,20H,2,7-10H2,1H3/t17-,18+/m1/s1. The lowest BCUT2D eigenvalue weighted by Gasteiger charge is -2.49. The van der Waals surface area contributed by atoms with E-state index < -0.39 is 0 Å². The highest BCUT2D eigenvalue weighted by atomic mass is 32.1. The van der Waals surface area contributed by atoms with Crippen molar-refractivity contribution in [2.75, 3.05) is 6.54 Å². The van der Waals surface area contributed by atoms with E-state index in [2.05, 4.69) is 47.1 Å². The van der Waals surface area contributed by atoms with Gasteiger partial charge in [-0.3, -0.25) is 0 Å². The number of fused-ring (bicyclic) bond motifs is 5. The van der Waals surface area contributed by atoms with Crippen molar-refractivity contribution in [3.05, 3.63) is 35.5 Å². The second-order valence-corrected chi connectivity index (χ2v) is 6.90. The average molecular weight is 309 g/mol. The molecule has 0 saturated carbocycles. The molecule has 0 radical (unpaired) electrons.